The van der Waals surface area contributed by atoms with Crippen molar-refractivity contribution in [3.05, 3.63) is 65.6 Å². The van der Waals surface area contributed by atoms with E-state index in [9.17, 15) is 0 Å². The Labute approximate surface area is 215 Å². The van der Waals surface area contributed by atoms with Crippen molar-refractivity contribution in [3.63, 3.8) is 0 Å². The molecule has 2 fully saturated rings. The lowest BCUT2D eigenvalue weighted by Gasteiger charge is -2.29. The molecule has 0 amide bonds. The molecule has 9 heteroatoms. The Morgan fingerprint density at radius 3 is 2.57 bits per heavy atom. The van der Waals surface area contributed by atoms with Crippen molar-refractivity contribution in [2.24, 2.45) is 0 Å². The number of benzene rings is 2. The molecule has 1 aromatic heterocycles. The van der Waals surface area contributed by atoms with Gasteiger partial charge in [-0.15, -0.1) is 0 Å². The van der Waals surface area contributed by atoms with Gasteiger partial charge in [-0.25, -0.2) is 13.8 Å². The van der Waals surface area contributed by atoms with E-state index in [0.717, 1.165) is 25.9 Å². The average Bonchev–Trinajstić information content (AvgIpc) is 2.92. The fraction of sp³-hybridized carbons (Fsp3) is 0.393. The van der Waals surface area contributed by atoms with E-state index in [1.54, 1.807) is 18.3 Å². The molecule has 0 aliphatic carbocycles. The molecule has 0 spiro atoms. The van der Waals surface area contributed by atoms with Gasteiger partial charge in [0.25, 0.3) is 0 Å². The van der Waals surface area contributed by atoms with Crippen molar-refractivity contribution in [3.8, 4) is 11.1 Å². The molecule has 194 valence electrons. The first-order valence-corrected chi connectivity index (χ1v) is 12.7. The summed E-state index contributed by atoms with van der Waals surface area (Å²) in [4.78, 5) is 13.6. The zero-order valence-corrected chi connectivity index (χ0v) is 21.0. The second-order valence-corrected chi connectivity index (χ2v) is 9.72. The Hall–Kier alpha value is -3.27. The number of hydrogen-bond acceptors (Lipinski definition) is 7. The minimum Gasteiger partial charge on any atom is -0.387 e. The van der Waals surface area contributed by atoms with Gasteiger partial charge >= 0.3 is 0 Å². The van der Waals surface area contributed by atoms with Crippen molar-refractivity contribution in [1.29, 1.82) is 5.41 Å². The number of piperidine rings is 1. The van der Waals surface area contributed by atoms with E-state index < -0.39 is 11.6 Å². The van der Waals surface area contributed by atoms with Crippen molar-refractivity contribution in [2.75, 3.05) is 46.4 Å². The highest BCUT2D eigenvalue weighted by molar-refractivity contribution is 6.08. The summed E-state index contributed by atoms with van der Waals surface area (Å²) in [6.45, 7) is 4.70. The monoisotopic (exact) mass is 506 g/mol. The van der Waals surface area contributed by atoms with Crippen LogP contribution >= 0.6 is 0 Å². The number of likely N-dealkylation sites (tertiary alicyclic amines) is 1. The number of nitrogens with one attached hydrogen (secondary N) is 2. The highest BCUT2D eigenvalue weighted by Crippen LogP contribution is 2.30. The van der Waals surface area contributed by atoms with Crippen LogP contribution in [0.3, 0.4) is 0 Å². The zero-order valence-electron chi connectivity index (χ0n) is 21.0. The van der Waals surface area contributed by atoms with Crippen molar-refractivity contribution >= 4 is 22.8 Å². The van der Waals surface area contributed by atoms with E-state index in [4.69, 9.17) is 15.1 Å². The minimum absolute atomic E-state index is 0.0617. The van der Waals surface area contributed by atoms with Crippen LogP contribution in [0.4, 0.5) is 8.78 Å². The summed E-state index contributed by atoms with van der Waals surface area (Å²) in [5.41, 5.74) is 3.34. The number of aromatic nitrogens is 2. The number of halogens is 2. The van der Waals surface area contributed by atoms with Gasteiger partial charge in [0.1, 0.15) is 11.6 Å². The Bertz CT molecular complexity index is 1280. The first kappa shape index (κ1) is 25.4. The number of ether oxygens (including phenoxy) is 1. The Kier molecular flexibility index (Phi) is 7.83. The van der Waals surface area contributed by atoms with Crippen LogP contribution in [0.1, 0.15) is 24.1 Å². The van der Waals surface area contributed by atoms with Crippen LogP contribution < -0.4 is 5.32 Å². The van der Waals surface area contributed by atoms with E-state index >= 15 is 8.78 Å². The quantitative estimate of drug-likeness (QED) is 0.471. The molecule has 0 atom stereocenters. The Balaban J connectivity index is 1.44. The van der Waals surface area contributed by atoms with E-state index in [-0.39, 0.29) is 12.1 Å². The van der Waals surface area contributed by atoms with Gasteiger partial charge in [0.2, 0.25) is 0 Å². The van der Waals surface area contributed by atoms with Gasteiger partial charge < -0.3 is 20.4 Å². The normalized spacial score (nSPS) is 18.3. The maximum Gasteiger partial charge on any atom is 0.131 e. The van der Waals surface area contributed by atoms with Crippen LogP contribution in [0.15, 0.2) is 42.7 Å². The maximum absolute atomic E-state index is 15.1. The SMILES string of the molecule is CN1CCC(N/C=C(\C=N)c2cnc3cccc(-c4cc(F)c(CN5CCOCC5)c(F)c4)c3n2)CC1. The van der Waals surface area contributed by atoms with Gasteiger partial charge in [0.05, 0.1) is 36.1 Å². The largest absolute Gasteiger partial charge is 0.387 e. The number of allylic oxidation sites excluding steroid dienone is 1. The summed E-state index contributed by atoms with van der Waals surface area (Å²) < 4.78 is 35.6. The van der Waals surface area contributed by atoms with Gasteiger partial charge in [0.15, 0.2) is 0 Å². The highest BCUT2D eigenvalue weighted by Gasteiger charge is 2.19. The molecule has 37 heavy (non-hydrogen) atoms. The molecule has 2 aliphatic heterocycles. The number of fused-ring (bicyclic) bond motifs is 1. The molecule has 3 aromatic rings. The average molecular weight is 507 g/mol. The smallest absolute Gasteiger partial charge is 0.131 e. The molecule has 7 nitrogen and oxygen atoms in total. The fourth-order valence-corrected chi connectivity index (χ4v) is 4.87. The first-order chi connectivity index (χ1) is 18.0. The molecular formula is C28H32F2N6O. The summed E-state index contributed by atoms with van der Waals surface area (Å²) in [5, 5.41) is 11.4. The molecule has 2 N–H and O–H groups in total. The topological polar surface area (TPSA) is 77.4 Å². The third-order valence-electron chi connectivity index (χ3n) is 7.15. The van der Waals surface area contributed by atoms with E-state index in [2.05, 4.69) is 22.2 Å². The second-order valence-electron chi connectivity index (χ2n) is 9.72. The third-order valence-corrected chi connectivity index (χ3v) is 7.15. The van der Waals surface area contributed by atoms with Crippen molar-refractivity contribution in [2.45, 2.75) is 25.4 Å². The van der Waals surface area contributed by atoms with E-state index in [1.807, 2.05) is 17.2 Å². The molecule has 2 saturated heterocycles. The summed E-state index contributed by atoms with van der Waals surface area (Å²) in [6, 6.07) is 8.50. The molecule has 0 saturated carbocycles. The van der Waals surface area contributed by atoms with Gasteiger partial charge in [-0.05, 0) is 56.7 Å². The van der Waals surface area contributed by atoms with E-state index in [0.29, 0.717) is 65.8 Å². The predicted molar refractivity (Wildman–Crippen MR) is 141 cm³/mol. The molecular weight excluding hydrogens is 474 g/mol. The van der Waals surface area contributed by atoms with Crippen LogP contribution in [0.2, 0.25) is 0 Å². The van der Waals surface area contributed by atoms with Crippen LogP contribution in [-0.4, -0.2) is 78.5 Å². The summed E-state index contributed by atoms with van der Waals surface area (Å²) in [5.74, 6) is -1.16. The molecule has 0 radical (unpaired) electrons. The highest BCUT2D eigenvalue weighted by atomic mass is 19.1. The maximum atomic E-state index is 15.1. The number of rotatable bonds is 7. The molecule has 2 aromatic carbocycles. The van der Waals surface area contributed by atoms with Crippen LogP contribution in [0, 0.1) is 17.0 Å². The van der Waals surface area contributed by atoms with Crippen molar-refractivity contribution in [1.82, 2.24) is 25.1 Å². The summed E-state index contributed by atoms with van der Waals surface area (Å²) >= 11 is 0. The number of para-hydroxylation sites is 1. The molecule has 0 unspecified atom stereocenters. The van der Waals surface area contributed by atoms with Gasteiger partial charge in [0, 0.05) is 54.8 Å². The van der Waals surface area contributed by atoms with Crippen molar-refractivity contribution < 1.29 is 13.5 Å². The van der Waals surface area contributed by atoms with Crippen LogP contribution in [0.5, 0.6) is 0 Å². The lowest BCUT2D eigenvalue weighted by Crippen LogP contribution is -2.38. The van der Waals surface area contributed by atoms with Gasteiger partial charge in [-0.1, -0.05) is 12.1 Å². The minimum atomic E-state index is -0.579. The first-order valence-electron chi connectivity index (χ1n) is 12.7. The number of nitrogens with zero attached hydrogens (tertiary/aromatic N) is 4. The molecule has 0 bridgehead atoms. The van der Waals surface area contributed by atoms with Crippen LogP contribution in [-0.2, 0) is 11.3 Å². The summed E-state index contributed by atoms with van der Waals surface area (Å²) in [6.07, 6.45) is 6.77. The second kappa shape index (κ2) is 11.4. The fourth-order valence-electron chi connectivity index (χ4n) is 4.87. The standard InChI is InChI=1S/C28H32F2N6O/c1-35-7-5-21(6-8-35)32-16-20(15-31)27-17-33-26-4-2-3-22(28(26)34-27)19-13-24(29)23(25(30)14-19)18-36-9-11-37-12-10-36/h2-4,13-17,21,31-32H,5-12,18H2,1H3/b20-16+,31-15?. The molecule has 5 rings (SSSR count). The summed E-state index contributed by atoms with van der Waals surface area (Å²) in [7, 11) is 2.12. The Morgan fingerprint density at radius 1 is 1.14 bits per heavy atom. The molecule has 3 heterocycles. The van der Waals surface area contributed by atoms with Crippen LogP contribution in [0.25, 0.3) is 27.7 Å². The lowest BCUT2D eigenvalue weighted by molar-refractivity contribution is 0.0332. The predicted octanol–water partition coefficient (Wildman–Crippen LogP) is 4.08. The zero-order chi connectivity index (χ0) is 25.8. The number of hydrogen-bond donors (Lipinski definition) is 2. The van der Waals surface area contributed by atoms with E-state index in [1.165, 1.54) is 18.3 Å². The number of morpholine rings is 1. The van der Waals surface area contributed by atoms with Gasteiger partial charge in [-0.2, -0.15) is 0 Å². The molecule has 2 aliphatic rings. The Morgan fingerprint density at radius 2 is 1.86 bits per heavy atom. The van der Waals surface area contributed by atoms with Gasteiger partial charge in [-0.3, -0.25) is 9.88 Å². The lowest BCUT2D eigenvalue weighted by atomic mass is 10.0. The third kappa shape index (κ3) is 5.84.